The van der Waals surface area contributed by atoms with Crippen LogP contribution in [0.3, 0.4) is 0 Å². The first-order valence-electron chi connectivity index (χ1n) is 10.7. The maximum atomic E-state index is 12.7. The number of nitrogens with two attached hydrogens (primary N) is 1. The molecule has 33 heavy (non-hydrogen) atoms. The van der Waals surface area contributed by atoms with Gasteiger partial charge in [-0.25, -0.2) is 15.4 Å². The topological polar surface area (TPSA) is 157 Å². The summed E-state index contributed by atoms with van der Waals surface area (Å²) < 4.78 is 0. The minimum Gasteiger partial charge on any atom is -0.380 e. The second-order valence-corrected chi connectivity index (χ2v) is 8.04. The number of hydrogen-bond acceptors (Lipinski definition) is 9. The monoisotopic (exact) mass is 453 g/mol. The molecule has 11 heteroatoms. The number of rotatable bonds is 6. The van der Waals surface area contributed by atoms with E-state index in [2.05, 4.69) is 20.7 Å². The van der Waals surface area contributed by atoms with E-state index in [9.17, 15) is 19.8 Å². The SMILES string of the molecule is C[C@@H](NC(=O)[C@H](O)[C@@H](O)C(=O)N1CCc2nc(N)ncc2C1)c1ccc(N2C=CCN2)cc1. The van der Waals surface area contributed by atoms with Gasteiger partial charge in [0, 0.05) is 44.0 Å². The van der Waals surface area contributed by atoms with Crippen LogP contribution < -0.4 is 21.5 Å². The first-order valence-corrected chi connectivity index (χ1v) is 10.7. The molecule has 3 heterocycles. The average Bonchev–Trinajstić information content (AvgIpc) is 3.37. The van der Waals surface area contributed by atoms with Crippen molar-refractivity contribution in [1.29, 1.82) is 0 Å². The number of anilines is 2. The number of carbonyl (C=O) groups excluding carboxylic acids is 2. The van der Waals surface area contributed by atoms with E-state index in [4.69, 9.17) is 5.73 Å². The Morgan fingerprint density at radius 1 is 1.21 bits per heavy atom. The number of benzene rings is 1. The Bertz CT molecular complexity index is 1060. The molecule has 1 aromatic heterocycles. The normalized spacial score (nSPS) is 17.9. The van der Waals surface area contributed by atoms with Crippen molar-refractivity contribution in [3.8, 4) is 0 Å². The summed E-state index contributed by atoms with van der Waals surface area (Å²) in [5.74, 6) is -1.40. The molecule has 0 saturated carbocycles. The van der Waals surface area contributed by atoms with E-state index in [1.54, 1.807) is 6.92 Å². The Kier molecular flexibility index (Phi) is 6.54. The van der Waals surface area contributed by atoms with Gasteiger partial charge in [-0.1, -0.05) is 18.2 Å². The first kappa shape index (κ1) is 22.6. The maximum Gasteiger partial charge on any atom is 0.255 e. The van der Waals surface area contributed by atoms with E-state index in [0.717, 1.165) is 23.5 Å². The van der Waals surface area contributed by atoms with Crippen LogP contribution in [-0.2, 0) is 22.6 Å². The van der Waals surface area contributed by atoms with Crippen LogP contribution in [0.1, 0.15) is 29.8 Å². The Labute approximate surface area is 190 Å². The number of aliphatic hydroxyl groups is 2. The molecule has 2 aromatic rings. The molecule has 174 valence electrons. The lowest BCUT2D eigenvalue weighted by molar-refractivity contribution is -0.154. The lowest BCUT2D eigenvalue weighted by atomic mass is 10.0. The predicted molar refractivity (Wildman–Crippen MR) is 120 cm³/mol. The van der Waals surface area contributed by atoms with Crippen molar-refractivity contribution >= 4 is 23.5 Å². The van der Waals surface area contributed by atoms with Gasteiger partial charge in [-0.15, -0.1) is 0 Å². The van der Waals surface area contributed by atoms with Gasteiger partial charge >= 0.3 is 0 Å². The molecule has 0 aliphatic carbocycles. The molecule has 11 nitrogen and oxygen atoms in total. The van der Waals surface area contributed by atoms with Gasteiger partial charge in [0.1, 0.15) is 0 Å². The number of fused-ring (bicyclic) bond motifs is 1. The largest absolute Gasteiger partial charge is 0.380 e. The van der Waals surface area contributed by atoms with Crippen LogP contribution in [0.15, 0.2) is 42.7 Å². The smallest absolute Gasteiger partial charge is 0.255 e. The Morgan fingerprint density at radius 2 is 1.97 bits per heavy atom. The van der Waals surface area contributed by atoms with Crippen molar-refractivity contribution in [2.75, 3.05) is 23.8 Å². The lowest BCUT2D eigenvalue weighted by Gasteiger charge is -2.31. The van der Waals surface area contributed by atoms with Crippen LogP contribution in [0.25, 0.3) is 0 Å². The molecule has 2 aliphatic heterocycles. The highest BCUT2D eigenvalue weighted by molar-refractivity contribution is 5.91. The van der Waals surface area contributed by atoms with Gasteiger partial charge in [-0.2, -0.15) is 0 Å². The van der Waals surface area contributed by atoms with Crippen LogP contribution in [0.5, 0.6) is 0 Å². The Hall–Kier alpha value is -3.54. The number of nitrogen functional groups attached to an aromatic ring is 1. The molecule has 2 aliphatic rings. The number of amides is 2. The van der Waals surface area contributed by atoms with Crippen molar-refractivity contribution in [2.45, 2.75) is 38.1 Å². The fourth-order valence-electron chi connectivity index (χ4n) is 3.83. The molecule has 1 aromatic carbocycles. The zero-order chi connectivity index (χ0) is 23.5. The van der Waals surface area contributed by atoms with Crippen molar-refractivity contribution in [1.82, 2.24) is 25.6 Å². The minimum absolute atomic E-state index is 0.161. The number of aliphatic hydroxyl groups excluding tert-OH is 2. The Balaban J connectivity index is 1.33. The van der Waals surface area contributed by atoms with Crippen molar-refractivity contribution in [3.05, 3.63) is 59.6 Å². The zero-order valence-corrected chi connectivity index (χ0v) is 18.2. The third-order valence-electron chi connectivity index (χ3n) is 5.75. The summed E-state index contributed by atoms with van der Waals surface area (Å²) in [6.45, 7) is 2.98. The van der Waals surface area contributed by atoms with Crippen LogP contribution in [-0.4, -0.2) is 62.2 Å². The molecule has 0 bridgehead atoms. The number of nitrogens with one attached hydrogen (secondary N) is 2. The number of hydrazine groups is 1. The van der Waals surface area contributed by atoms with E-state index in [-0.39, 0.29) is 19.0 Å². The summed E-state index contributed by atoms with van der Waals surface area (Å²) in [4.78, 5) is 34.7. The molecule has 4 rings (SSSR count). The van der Waals surface area contributed by atoms with Crippen LogP contribution in [0, 0.1) is 0 Å². The summed E-state index contributed by atoms with van der Waals surface area (Å²) in [6.07, 6.45) is 2.12. The standard InChI is InChI=1S/C22H27N7O4/c1-13(14-3-5-16(6-4-14)29-9-2-8-25-29)26-20(32)18(30)19(31)21(33)28-10-7-17-15(12-28)11-24-22(23)27-17/h2-6,9,11,13,18-19,25,30-31H,7-8,10,12H2,1H3,(H,26,32)(H2,23,24,27)/t13-,18-,19-/m1/s1. The van der Waals surface area contributed by atoms with Gasteiger partial charge in [-0.05, 0) is 24.6 Å². The third-order valence-corrected chi connectivity index (χ3v) is 5.75. The second kappa shape index (κ2) is 9.53. The molecule has 0 saturated heterocycles. The van der Waals surface area contributed by atoms with Gasteiger partial charge in [-0.3, -0.25) is 14.6 Å². The van der Waals surface area contributed by atoms with Gasteiger partial charge in [0.15, 0.2) is 12.2 Å². The molecular formula is C22H27N7O4. The van der Waals surface area contributed by atoms with E-state index in [0.29, 0.717) is 12.0 Å². The van der Waals surface area contributed by atoms with Crippen LogP contribution >= 0.6 is 0 Å². The van der Waals surface area contributed by atoms with Gasteiger partial charge < -0.3 is 26.2 Å². The summed E-state index contributed by atoms with van der Waals surface area (Å²) in [7, 11) is 0. The fraction of sp³-hybridized carbons (Fsp3) is 0.364. The molecule has 0 fully saturated rings. The fourth-order valence-corrected chi connectivity index (χ4v) is 3.83. The number of aromatic nitrogens is 2. The highest BCUT2D eigenvalue weighted by Crippen LogP contribution is 2.21. The number of nitrogens with zero attached hydrogens (tertiary/aromatic N) is 4. The minimum atomic E-state index is -1.90. The Morgan fingerprint density at radius 3 is 2.67 bits per heavy atom. The van der Waals surface area contributed by atoms with Crippen molar-refractivity contribution in [2.24, 2.45) is 0 Å². The molecule has 0 spiro atoms. The van der Waals surface area contributed by atoms with Crippen LogP contribution in [0.2, 0.25) is 0 Å². The quantitative estimate of drug-likeness (QED) is 0.384. The number of carbonyl (C=O) groups is 2. The molecular weight excluding hydrogens is 426 g/mol. The summed E-state index contributed by atoms with van der Waals surface area (Å²) >= 11 is 0. The molecule has 0 radical (unpaired) electrons. The summed E-state index contributed by atoms with van der Waals surface area (Å²) in [5, 5.41) is 25.2. The van der Waals surface area contributed by atoms with E-state index in [1.165, 1.54) is 11.1 Å². The predicted octanol–water partition coefficient (Wildman–Crippen LogP) is -0.619. The van der Waals surface area contributed by atoms with E-state index in [1.807, 2.05) is 41.6 Å². The zero-order valence-electron chi connectivity index (χ0n) is 18.2. The van der Waals surface area contributed by atoms with Crippen LogP contribution in [0.4, 0.5) is 11.6 Å². The molecule has 0 unspecified atom stereocenters. The first-order chi connectivity index (χ1) is 15.8. The van der Waals surface area contributed by atoms with Crippen molar-refractivity contribution < 1.29 is 19.8 Å². The lowest BCUT2D eigenvalue weighted by Crippen LogP contribution is -2.52. The van der Waals surface area contributed by atoms with E-state index >= 15 is 0 Å². The highest BCUT2D eigenvalue weighted by atomic mass is 16.3. The number of hydrogen-bond donors (Lipinski definition) is 5. The maximum absolute atomic E-state index is 12.7. The second-order valence-electron chi connectivity index (χ2n) is 8.04. The van der Waals surface area contributed by atoms with Crippen molar-refractivity contribution in [3.63, 3.8) is 0 Å². The summed E-state index contributed by atoms with van der Waals surface area (Å²) in [5.41, 5.74) is 12.0. The summed E-state index contributed by atoms with van der Waals surface area (Å²) in [6, 6.07) is 7.10. The van der Waals surface area contributed by atoms with Gasteiger partial charge in [0.2, 0.25) is 5.95 Å². The van der Waals surface area contributed by atoms with Gasteiger partial charge in [0.25, 0.3) is 11.8 Å². The molecule has 3 atom stereocenters. The highest BCUT2D eigenvalue weighted by Gasteiger charge is 2.35. The third kappa shape index (κ3) is 4.95. The van der Waals surface area contributed by atoms with E-state index < -0.39 is 30.1 Å². The molecule has 6 N–H and O–H groups in total. The molecule has 2 amide bonds. The van der Waals surface area contributed by atoms with Gasteiger partial charge in [0.05, 0.1) is 17.4 Å². The average molecular weight is 454 g/mol.